The van der Waals surface area contributed by atoms with E-state index in [1.807, 2.05) is 6.07 Å². The van der Waals surface area contributed by atoms with Gasteiger partial charge in [0.1, 0.15) is 5.76 Å². The van der Waals surface area contributed by atoms with Gasteiger partial charge in [-0.3, -0.25) is 0 Å². The fourth-order valence-electron chi connectivity index (χ4n) is 4.98. The Morgan fingerprint density at radius 3 is 2.81 bits per heavy atom. The van der Waals surface area contributed by atoms with Crippen LogP contribution in [0.15, 0.2) is 16.7 Å². The van der Waals surface area contributed by atoms with Gasteiger partial charge in [0.05, 0.1) is 17.5 Å². The second-order valence-electron chi connectivity index (χ2n) is 7.32. The van der Waals surface area contributed by atoms with E-state index in [0.717, 1.165) is 50.0 Å². The van der Waals surface area contributed by atoms with Crippen LogP contribution in [0.25, 0.3) is 0 Å². The SMILES string of the molecule is OC1(C2CCOC3(CCCCC3)C2)CCCc2occc21. The van der Waals surface area contributed by atoms with Crippen molar-refractivity contribution in [2.45, 2.75) is 75.4 Å². The molecule has 0 aromatic carbocycles. The summed E-state index contributed by atoms with van der Waals surface area (Å²) in [4.78, 5) is 0. The smallest absolute Gasteiger partial charge is 0.109 e. The largest absolute Gasteiger partial charge is 0.469 e. The van der Waals surface area contributed by atoms with E-state index in [0.29, 0.717) is 5.92 Å². The van der Waals surface area contributed by atoms with Gasteiger partial charge in [0.25, 0.3) is 0 Å². The van der Waals surface area contributed by atoms with Crippen molar-refractivity contribution in [3.63, 3.8) is 0 Å². The first-order chi connectivity index (χ1) is 10.2. The Kier molecular flexibility index (Phi) is 3.38. The number of ether oxygens (including phenoxy) is 1. The molecule has 0 radical (unpaired) electrons. The minimum Gasteiger partial charge on any atom is -0.469 e. The zero-order chi connectivity index (χ0) is 14.3. The summed E-state index contributed by atoms with van der Waals surface area (Å²) < 4.78 is 11.8. The van der Waals surface area contributed by atoms with E-state index < -0.39 is 5.60 Å². The maximum Gasteiger partial charge on any atom is 0.109 e. The zero-order valence-electron chi connectivity index (χ0n) is 12.8. The van der Waals surface area contributed by atoms with Gasteiger partial charge in [0, 0.05) is 18.6 Å². The lowest BCUT2D eigenvalue weighted by Crippen LogP contribution is -2.49. The first-order valence-electron chi connectivity index (χ1n) is 8.65. The molecule has 1 saturated heterocycles. The molecule has 1 aromatic heterocycles. The summed E-state index contributed by atoms with van der Waals surface area (Å²) in [7, 11) is 0. The highest BCUT2D eigenvalue weighted by molar-refractivity contribution is 5.29. The monoisotopic (exact) mass is 290 g/mol. The molecule has 2 unspecified atom stereocenters. The van der Waals surface area contributed by atoms with Crippen LogP contribution in [-0.4, -0.2) is 17.3 Å². The van der Waals surface area contributed by atoms with E-state index in [2.05, 4.69) is 0 Å². The molecule has 2 aliphatic carbocycles. The number of hydrogen-bond acceptors (Lipinski definition) is 3. The molecule has 3 aliphatic rings. The average Bonchev–Trinajstić information content (AvgIpc) is 2.98. The second-order valence-corrected chi connectivity index (χ2v) is 7.32. The Hall–Kier alpha value is -0.800. The van der Waals surface area contributed by atoms with E-state index in [9.17, 15) is 5.11 Å². The number of aryl methyl sites for hydroxylation is 1. The van der Waals surface area contributed by atoms with Gasteiger partial charge in [0.2, 0.25) is 0 Å². The molecule has 116 valence electrons. The van der Waals surface area contributed by atoms with E-state index in [1.165, 1.54) is 32.1 Å². The molecule has 1 saturated carbocycles. The van der Waals surface area contributed by atoms with Crippen LogP contribution in [-0.2, 0) is 16.8 Å². The van der Waals surface area contributed by atoms with Gasteiger partial charge in [-0.25, -0.2) is 0 Å². The quantitative estimate of drug-likeness (QED) is 0.852. The second kappa shape index (κ2) is 5.13. The normalized spacial score (nSPS) is 35.6. The highest BCUT2D eigenvalue weighted by Gasteiger charge is 2.49. The van der Waals surface area contributed by atoms with Crippen LogP contribution in [0, 0.1) is 5.92 Å². The molecule has 0 amide bonds. The highest BCUT2D eigenvalue weighted by Crippen LogP contribution is 2.50. The van der Waals surface area contributed by atoms with Crippen LogP contribution in [0.5, 0.6) is 0 Å². The van der Waals surface area contributed by atoms with Crippen molar-refractivity contribution < 1.29 is 14.3 Å². The molecule has 2 heterocycles. The van der Waals surface area contributed by atoms with Crippen LogP contribution in [0.1, 0.15) is 69.1 Å². The van der Waals surface area contributed by atoms with Gasteiger partial charge in [-0.05, 0) is 50.5 Å². The van der Waals surface area contributed by atoms with Crippen LogP contribution < -0.4 is 0 Å². The third kappa shape index (κ3) is 2.25. The van der Waals surface area contributed by atoms with E-state index in [-0.39, 0.29) is 5.60 Å². The van der Waals surface area contributed by atoms with Crippen molar-refractivity contribution in [1.82, 2.24) is 0 Å². The summed E-state index contributed by atoms with van der Waals surface area (Å²) in [6.45, 7) is 0.806. The Morgan fingerprint density at radius 1 is 1.10 bits per heavy atom. The maximum atomic E-state index is 11.4. The number of aliphatic hydroxyl groups is 1. The summed E-state index contributed by atoms with van der Waals surface area (Å²) in [6.07, 6.45) is 12.9. The summed E-state index contributed by atoms with van der Waals surface area (Å²) in [5.41, 5.74) is 0.430. The first kappa shape index (κ1) is 13.8. The Morgan fingerprint density at radius 2 is 1.95 bits per heavy atom. The van der Waals surface area contributed by atoms with Gasteiger partial charge < -0.3 is 14.3 Å². The van der Waals surface area contributed by atoms with Gasteiger partial charge in [-0.15, -0.1) is 0 Å². The molecule has 1 aliphatic heterocycles. The lowest BCUT2D eigenvalue weighted by Gasteiger charge is -2.49. The van der Waals surface area contributed by atoms with Crippen LogP contribution in [0.3, 0.4) is 0 Å². The van der Waals surface area contributed by atoms with Crippen LogP contribution >= 0.6 is 0 Å². The van der Waals surface area contributed by atoms with Crippen molar-refractivity contribution in [1.29, 1.82) is 0 Å². The van der Waals surface area contributed by atoms with Gasteiger partial charge in [-0.2, -0.15) is 0 Å². The van der Waals surface area contributed by atoms with Crippen molar-refractivity contribution in [2.24, 2.45) is 5.92 Å². The number of rotatable bonds is 1. The first-order valence-corrected chi connectivity index (χ1v) is 8.65. The molecule has 0 bridgehead atoms. The summed E-state index contributed by atoms with van der Waals surface area (Å²) in [5, 5.41) is 11.4. The predicted molar refractivity (Wildman–Crippen MR) is 80.0 cm³/mol. The standard InChI is InChI=1S/C18H26O3/c19-18(10-4-5-16-15(18)7-11-20-16)14-6-12-21-17(13-14)8-2-1-3-9-17/h7,11,14,19H,1-6,8-10,12-13H2. The van der Waals surface area contributed by atoms with E-state index in [4.69, 9.17) is 9.15 Å². The third-order valence-electron chi connectivity index (χ3n) is 6.11. The zero-order valence-corrected chi connectivity index (χ0v) is 12.8. The van der Waals surface area contributed by atoms with Gasteiger partial charge >= 0.3 is 0 Å². The van der Waals surface area contributed by atoms with Crippen LogP contribution in [0.4, 0.5) is 0 Å². The lowest BCUT2D eigenvalue weighted by atomic mass is 9.66. The topological polar surface area (TPSA) is 42.6 Å². The maximum absolute atomic E-state index is 11.4. The molecule has 3 heteroatoms. The molecule has 3 nitrogen and oxygen atoms in total. The summed E-state index contributed by atoms with van der Waals surface area (Å²) in [5.74, 6) is 1.33. The molecule has 4 rings (SSSR count). The van der Waals surface area contributed by atoms with E-state index >= 15 is 0 Å². The number of fused-ring (bicyclic) bond motifs is 1. The number of furan rings is 1. The van der Waals surface area contributed by atoms with Crippen molar-refractivity contribution in [2.75, 3.05) is 6.61 Å². The summed E-state index contributed by atoms with van der Waals surface area (Å²) in [6, 6.07) is 2.00. The van der Waals surface area contributed by atoms with E-state index in [1.54, 1.807) is 6.26 Å². The lowest BCUT2D eigenvalue weighted by molar-refractivity contribution is -0.162. The Bertz CT molecular complexity index is 495. The molecule has 2 atom stereocenters. The molecular formula is C18H26O3. The minimum absolute atomic E-state index is 0.0538. The highest BCUT2D eigenvalue weighted by atomic mass is 16.5. The summed E-state index contributed by atoms with van der Waals surface area (Å²) >= 11 is 0. The molecular weight excluding hydrogens is 264 g/mol. The Labute approximate surface area is 126 Å². The van der Waals surface area contributed by atoms with Crippen LogP contribution in [0.2, 0.25) is 0 Å². The Balaban J connectivity index is 1.61. The molecule has 1 aromatic rings. The fraction of sp³-hybridized carbons (Fsp3) is 0.778. The fourth-order valence-corrected chi connectivity index (χ4v) is 4.98. The van der Waals surface area contributed by atoms with Crippen molar-refractivity contribution >= 4 is 0 Å². The molecule has 21 heavy (non-hydrogen) atoms. The molecule has 1 spiro atoms. The van der Waals surface area contributed by atoms with Gasteiger partial charge in [0.15, 0.2) is 0 Å². The molecule has 2 fully saturated rings. The number of hydrogen-bond donors (Lipinski definition) is 1. The average molecular weight is 290 g/mol. The van der Waals surface area contributed by atoms with Gasteiger partial charge in [-0.1, -0.05) is 19.3 Å². The predicted octanol–water partition coefficient (Wildman–Crippen LogP) is 3.93. The van der Waals surface area contributed by atoms with Crippen molar-refractivity contribution in [3.05, 3.63) is 23.7 Å². The van der Waals surface area contributed by atoms with Crippen molar-refractivity contribution in [3.8, 4) is 0 Å². The molecule has 1 N–H and O–H groups in total. The minimum atomic E-state index is -0.686. The third-order valence-corrected chi connectivity index (χ3v) is 6.11.